The molecule has 1 aromatic carbocycles. The Balaban J connectivity index is 1.68. The van der Waals surface area contributed by atoms with Crippen molar-refractivity contribution in [2.45, 2.75) is 77.1 Å². The molecular weight excluding hydrogens is 404 g/mol. The van der Waals surface area contributed by atoms with Gasteiger partial charge in [0.05, 0.1) is 5.69 Å². The number of aromatic nitrogens is 1. The Morgan fingerprint density at radius 1 is 1.33 bits per heavy atom. The van der Waals surface area contributed by atoms with Crippen LogP contribution in [0.2, 0.25) is 5.02 Å². The summed E-state index contributed by atoms with van der Waals surface area (Å²) in [6, 6.07) is 3.74. The molecule has 2 aromatic rings. The fraction of sp³-hybridized carbons (Fsp3) is 0.636. The Morgan fingerprint density at radius 2 is 2.07 bits per heavy atom. The molecule has 1 amide bonds. The van der Waals surface area contributed by atoms with Crippen LogP contribution in [0.4, 0.5) is 10.5 Å². The van der Waals surface area contributed by atoms with Gasteiger partial charge in [0, 0.05) is 30.2 Å². The SMILES string of the molecule is CC1NCCN(C(=O)OC(C)(C)C)[C@@H]1c1nc2cc(Cl)cc(NC3CCCC3)c2o1. The molecule has 2 aliphatic rings. The first-order valence-electron chi connectivity index (χ1n) is 10.8. The van der Waals surface area contributed by atoms with E-state index in [0.29, 0.717) is 41.1 Å². The minimum absolute atomic E-state index is 0.0268. The second-order valence-corrected chi connectivity index (χ2v) is 9.78. The first-order chi connectivity index (χ1) is 14.2. The quantitative estimate of drug-likeness (QED) is 0.699. The molecule has 4 rings (SSSR count). The van der Waals surface area contributed by atoms with Crippen LogP contribution < -0.4 is 10.6 Å². The molecule has 2 heterocycles. The van der Waals surface area contributed by atoms with Crippen molar-refractivity contribution >= 4 is 34.5 Å². The molecule has 0 bridgehead atoms. The van der Waals surface area contributed by atoms with Gasteiger partial charge in [-0.1, -0.05) is 24.4 Å². The van der Waals surface area contributed by atoms with Crippen molar-refractivity contribution in [1.82, 2.24) is 15.2 Å². The summed E-state index contributed by atoms with van der Waals surface area (Å²) in [4.78, 5) is 19.3. The zero-order valence-corrected chi connectivity index (χ0v) is 18.9. The van der Waals surface area contributed by atoms with Crippen molar-refractivity contribution in [2.75, 3.05) is 18.4 Å². The van der Waals surface area contributed by atoms with Crippen LogP contribution in [0.1, 0.15) is 65.3 Å². The van der Waals surface area contributed by atoms with E-state index in [9.17, 15) is 4.79 Å². The smallest absolute Gasteiger partial charge is 0.411 e. The van der Waals surface area contributed by atoms with Gasteiger partial charge in [0.2, 0.25) is 5.89 Å². The number of hydrogen-bond acceptors (Lipinski definition) is 6. The largest absolute Gasteiger partial charge is 0.444 e. The van der Waals surface area contributed by atoms with Gasteiger partial charge < -0.3 is 19.8 Å². The van der Waals surface area contributed by atoms with Crippen LogP contribution in [-0.2, 0) is 4.74 Å². The number of carbonyl (C=O) groups is 1. The van der Waals surface area contributed by atoms with Gasteiger partial charge in [-0.05, 0) is 52.7 Å². The van der Waals surface area contributed by atoms with E-state index in [-0.39, 0.29) is 18.2 Å². The van der Waals surface area contributed by atoms with Crippen LogP contribution in [0, 0.1) is 0 Å². The number of hydrogen-bond donors (Lipinski definition) is 2. The van der Waals surface area contributed by atoms with Gasteiger partial charge in [-0.3, -0.25) is 4.90 Å². The topological polar surface area (TPSA) is 79.6 Å². The predicted molar refractivity (Wildman–Crippen MR) is 118 cm³/mol. The first-order valence-corrected chi connectivity index (χ1v) is 11.2. The van der Waals surface area contributed by atoms with Gasteiger partial charge >= 0.3 is 6.09 Å². The molecule has 164 valence electrons. The van der Waals surface area contributed by atoms with Crippen molar-refractivity contribution < 1.29 is 13.9 Å². The Morgan fingerprint density at radius 3 is 2.77 bits per heavy atom. The monoisotopic (exact) mass is 434 g/mol. The van der Waals surface area contributed by atoms with Crippen LogP contribution in [0.5, 0.6) is 0 Å². The lowest BCUT2D eigenvalue weighted by atomic mass is 10.1. The summed E-state index contributed by atoms with van der Waals surface area (Å²) in [6.45, 7) is 8.85. The summed E-state index contributed by atoms with van der Waals surface area (Å²) in [6.07, 6.45) is 4.40. The molecule has 1 saturated carbocycles. The number of nitrogens with zero attached hydrogens (tertiary/aromatic N) is 2. The zero-order chi connectivity index (χ0) is 21.5. The number of carbonyl (C=O) groups excluding carboxylic acids is 1. The van der Waals surface area contributed by atoms with Crippen LogP contribution in [0.15, 0.2) is 16.5 Å². The van der Waals surface area contributed by atoms with Crippen molar-refractivity contribution in [3.63, 3.8) is 0 Å². The lowest BCUT2D eigenvalue weighted by Gasteiger charge is -2.39. The Bertz CT molecular complexity index is 917. The third-order valence-electron chi connectivity index (χ3n) is 5.70. The summed E-state index contributed by atoms with van der Waals surface area (Å²) in [5.74, 6) is 0.493. The van der Waals surface area contributed by atoms with Crippen LogP contribution in [0.3, 0.4) is 0 Å². The fourth-order valence-corrected chi connectivity index (χ4v) is 4.56. The standard InChI is InChI=1S/C22H31ClN4O3/c1-13-18(27(10-9-24-13)21(28)30-22(2,3)4)20-26-17-12-14(23)11-16(19(17)29-20)25-15-7-5-6-8-15/h11-13,15,18,24-25H,5-10H2,1-4H3/t13?,18-/m0/s1. The highest BCUT2D eigenvalue weighted by Gasteiger charge is 2.38. The number of oxazole rings is 1. The van der Waals surface area contributed by atoms with Crippen LogP contribution in [0.25, 0.3) is 11.1 Å². The summed E-state index contributed by atoms with van der Waals surface area (Å²) in [5, 5.41) is 7.61. The third-order valence-corrected chi connectivity index (χ3v) is 5.91. The molecule has 30 heavy (non-hydrogen) atoms. The molecule has 1 unspecified atom stereocenters. The van der Waals surface area contributed by atoms with Crippen molar-refractivity contribution in [1.29, 1.82) is 0 Å². The first kappa shape index (κ1) is 21.2. The van der Waals surface area contributed by atoms with Gasteiger partial charge in [-0.25, -0.2) is 9.78 Å². The highest BCUT2D eigenvalue weighted by Crippen LogP contribution is 2.36. The number of benzene rings is 1. The summed E-state index contributed by atoms with van der Waals surface area (Å²) >= 11 is 6.37. The Labute approximate surface area is 182 Å². The van der Waals surface area contributed by atoms with E-state index in [4.69, 9.17) is 25.7 Å². The van der Waals surface area contributed by atoms with E-state index in [0.717, 1.165) is 18.5 Å². The molecular formula is C22H31ClN4O3. The molecule has 1 aliphatic carbocycles. The lowest BCUT2D eigenvalue weighted by Crippen LogP contribution is -2.54. The van der Waals surface area contributed by atoms with E-state index < -0.39 is 5.60 Å². The summed E-state index contributed by atoms with van der Waals surface area (Å²) in [7, 11) is 0. The number of amides is 1. The van der Waals surface area contributed by atoms with Crippen molar-refractivity contribution in [2.24, 2.45) is 0 Å². The van der Waals surface area contributed by atoms with Gasteiger partial charge in [-0.15, -0.1) is 0 Å². The molecule has 0 radical (unpaired) electrons. The Hall–Kier alpha value is -1.99. The molecule has 8 heteroatoms. The molecule has 1 aromatic heterocycles. The van der Waals surface area contributed by atoms with E-state index in [2.05, 4.69) is 10.6 Å². The van der Waals surface area contributed by atoms with Crippen LogP contribution in [-0.4, -0.2) is 46.8 Å². The molecule has 2 atom stereocenters. The summed E-state index contributed by atoms with van der Waals surface area (Å²) < 4.78 is 11.9. The maximum Gasteiger partial charge on any atom is 0.411 e. The van der Waals surface area contributed by atoms with Gasteiger partial charge in [0.1, 0.15) is 17.2 Å². The molecule has 2 fully saturated rings. The number of piperazine rings is 1. The molecule has 2 N–H and O–H groups in total. The number of halogens is 1. The zero-order valence-electron chi connectivity index (χ0n) is 18.1. The molecule has 1 aliphatic heterocycles. The predicted octanol–water partition coefficient (Wildman–Crippen LogP) is 5.11. The number of nitrogens with one attached hydrogen (secondary N) is 2. The normalized spacial score (nSPS) is 23.2. The maximum atomic E-state index is 12.9. The average molecular weight is 435 g/mol. The molecule has 7 nitrogen and oxygen atoms in total. The molecule has 0 spiro atoms. The van der Waals surface area contributed by atoms with Gasteiger partial charge in [0.15, 0.2) is 5.58 Å². The highest BCUT2D eigenvalue weighted by molar-refractivity contribution is 6.31. The minimum atomic E-state index is -0.567. The van der Waals surface area contributed by atoms with Crippen molar-refractivity contribution in [3.8, 4) is 0 Å². The van der Waals surface area contributed by atoms with E-state index in [1.807, 2.05) is 39.8 Å². The maximum absolute atomic E-state index is 12.9. The van der Waals surface area contributed by atoms with E-state index >= 15 is 0 Å². The number of ether oxygens (including phenoxy) is 1. The lowest BCUT2D eigenvalue weighted by molar-refractivity contribution is 0.00267. The third kappa shape index (κ3) is 4.52. The number of rotatable bonds is 3. The van der Waals surface area contributed by atoms with Gasteiger partial charge in [-0.2, -0.15) is 0 Å². The minimum Gasteiger partial charge on any atom is -0.444 e. The Kier molecular flexibility index (Phi) is 5.86. The highest BCUT2D eigenvalue weighted by atomic mass is 35.5. The number of anilines is 1. The second-order valence-electron chi connectivity index (χ2n) is 9.34. The fourth-order valence-electron chi connectivity index (χ4n) is 4.35. The summed E-state index contributed by atoms with van der Waals surface area (Å²) in [5.41, 5.74) is 1.68. The van der Waals surface area contributed by atoms with E-state index in [1.165, 1.54) is 12.8 Å². The average Bonchev–Trinajstić information content (AvgIpc) is 3.29. The van der Waals surface area contributed by atoms with Crippen molar-refractivity contribution in [3.05, 3.63) is 23.0 Å². The second kappa shape index (κ2) is 8.27. The van der Waals surface area contributed by atoms with Gasteiger partial charge in [0.25, 0.3) is 0 Å². The van der Waals surface area contributed by atoms with E-state index in [1.54, 1.807) is 4.90 Å². The number of fused-ring (bicyclic) bond motifs is 1. The molecule has 1 saturated heterocycles. The van der Waals surface area contributed by atoms with Crippen LogP contribution >= 0.6 is 11.6 Å².